The lowest BCUT2D eigenvalue weighted by molar-refractivity contribution is -0.134. The van der Waals surface area contributed by atoms with Crippen molar-refractivity contribution in [2.75, 3.05) is 19.6 Å². The SMILES string of the molecule is CCCN(C(=O)CCC(=O)c1ccc(F)cc1)C1CCNCC1. The van der Waals surface area contributed by atoms with Gasteiger partial charge >= 0.3 is 0 Å². The van der Waals surface area contributed by atoms with Gasteiger partial charge in [-0.15, -0.1) is 0 Å². The molecule has 1 aliphatic heterocycles. The van der Waals surface area contributed by atoms with E-state index in [0.717, 1.165) is 38.9 Å². The Bertz CT molecular complexity index is 524. The first kappa shape index (κ1) is 17.6. The Morgan fingerprint density at radius 2 is 1.83 bits per heavy atom. The zero-order valence-corrected chi connectivity index (χ0v) is 13.7. The summed E-state index contributed by atoms with van der Waals surface area (Å²) in [6, 6.07) is 5.77. The largest absolute Gasteiger partial charge is 0.340 e. The molecule has 0 unspecified atom stereocenters. The van der Waals surface area contributed by atoms with Crippen molar-refractivity contribution < 1.29 is 14.0 Å². The monoisotopic (exact) mass is 320 g/mol. The van der Waals surface area contributed by atoms with E-state index >= 15 is 0 Å². The minimum absolute atomic E-state index is 0.0502. The molecular weight excluding hydrogens is 295 g/mol. The number of carbonyl (C=O) groups is 2. The lowest BCUT2D eigenvalue weighted by Gasteiger charge is -2.34. The summed E-state index contributed by atoms with van der Waals surface area (Å²) in [6.45, 7) is 4.68. The molecule has 0 spiro atoms. The van der Waals surface area contributed by atoms with E-state index in [2.05, 4.69) is 12.2 Å². The lowest BCUT2D eigenvalue weighted by atomic mass is 10.0. The fourth-order valence-electron chi connectivity index (χ4n) is 3.01. The van der Waals surface area contributed by atoms with Crippen molar-refractivity contribution in [3.05, 3.63) is 35.6 Å². The maximum Gasteiger partial charge on any atom is 0.223 e. The van der Waals surface area contributed by atoms with Gasteiger partial charge in [-0.05, 0) is 56.6 Å². The smallest absolute Gasteiger partial charge is 0.223 e. The highest BCUT2D eigenvalue weighted by atomic mass is 19.1. The number of hydrogen-bond acceptors (Lipinski definition) is 3. The Hall–Kier alpha value is -1.75. The second kappa shape index (κ2) is 8.77. The highest BCUT2D eigenvalue weighted by Crippen LogP contribution is 2.15. The summed E-state index contributed by atoms with van der Waals surface area (Å²) in [5, 5.41) is 3.30. The van der Waals surface area contributed by atoms with Crippen LogP contribution in [-0.2, 0) is 4.79 Å². The molecular formula is C18H25FN2O2. The van der Waals surface area contributed by atoms with Crippen molar-refractivity contribution in [1.82, 2.24) is 10.2 Å². The predicted molar refractivity (Wildman–Crippen MR) is 87.9 cm³/mol. The van der Waals surface area contributed by atoms with E-state index in [1.54, 1.807) is 0 Å². The molecule has 5 heteroatoms. The Morgan fingerprint density at radius 3 is 2.43 bits per heavy atom. The average Bonchev–Trinajstić information content (AvgIpc) is 2.58. The number of rotatable bonds is 7. The third kappa shape index (κ3) is 5.13. The summed E-state index contributed by atoms with van der Waals surface area (Å²) in [5.74, 6) is -0.424. The number of halogens is 1. The number of carbonyl (C=O) groups excluding carboxylic acids is 2. The Balaban J connectivity index is 1.90. The zero-order valence-electron chi connectivity index (χ0n) is 13.7. The van der Waals surface area contributed by atoms with E-state index in [-0.39, 0.29) is 36.4 Å². The molecule has 0 aromatic heterocycles. The van der Waals surface area contributed by atoms with Gasteiger partial charge in [0.25, 0.3) is 0 Å². The molecule has 1 aromatic rings. The lowest BCUT2D eigenvalue weighted by Crippen LogP contribution is -2.46. The first-order chi connectivity index (χ1) is 11.1. The molecule has 0 atom stereocenters. The van der Waals surface area contributed by atoms with Crippen molar-refractivity contribution in [2.24, 2.45) is 0 Å². The minimum Gasteiger partial charge on any atom is -0.340 e. The van der Waals surface area contributed by atoms with Crippen molar-refractivity contribution in [3.8, 4) is 0 Å². The molecule has 0 saturated carbocycles. The molecule has 2 rings (SSSR count). The van der Waals surface area contributed by atoms with Gasteiger partial charge in [-0.2, -0.15) is 0 Å². The zero-order chi connectivity index (χ0) is 16.7. The summed E-state index contributed by atoms with van der Waals surface area (Å²) >= 11 is 0. The van der Waals surface area contributed by atoms with Crippen LogP contribution in [0.1, 0.15) is 49.4 Å². The van der Waals surface area contributed by atoms with E-state index in [9.17, 15) is 14.0 Å². The predicted octanol–water partition coefficient (Wildman–Crippen LogP) is 2.78. The maximum absolute atomic E-state index is 12.9. The number of ketones is 1. The Morgan fingerprint density at radius 1 is 1.17 bits per heavy atom. The summed E-state index contributed by atoms with van der Waals surface area (Å²) < 4.78 is 12.9. The van der Waals surface area contributed by atoms with Gasteiger partial charge in [-0.3, -0.25) is 9.59 Å². The number of piperidine rings is 1. The van der Waals surface area contributed by atoms with E-state index in [0.29, 0.717) is 5.56 Å². The van der Waals surface area contributed by atoms with Crippen molar-refractivity contribution in [1.29, 1.82) is 0 Å². The molecule has 0 radical (unpaired) electrons. The number of benzene rings is 1. The summed E-state index contributed by atoms with van der Waals surface area (Å²) in [4.78, 5) is 26.6. The van der Waals surface area contributed by atoms with E-state index in [1.165, 1.54) is 24.3 Å². The second-order valence-corrected chi connectivity index (χ2v) is 6.00. The van der Waals surface area contributed by atoms with Crippen LogP contribution >= 0.6 is 0 Å². The molecule has 1 amide bonds. The van der Waals surface area contributed by atoms with Gasteiger partial charge in [0.2, 0.25) is 5.91 Å². The number of nitrogens with zero attached hydrogens (tertiary/aromatic N) is 1. The van der Waals surface area contributed by atoms with Crippen LogP contribution in [0, 0.1) is 5.82 Å². The Labute approximate surface area is 137 Å². The van der Waals surface area contributed by atoms with E-state index in [1.807, 2.05) is 4.90 Å². The molecule has 0 aliphatic carbocycles. The quantitative estimate of drug-likeness (QED) is 0.786. The summed E-state index contributed by atoms with van der Waals surface area (Å²) in [7, 11) is 0. The van der Waals surface area contributed by atoms with Crippen LogP contribution in [0.2, 0.25) is 0 Å². The van der Waals surface area contributed by atoms with Crippen LogP contribution in [0.4, 0.5) is 4.39 Å². The van der Waals surface area contributed by atoms with Crippen molar-refractivity contribution in [2.45, 2.75) is 45.1 Å². The standard InChI is InChI=1S/C18H25FN2O2/c1-2-13-21(16-9-11-20-12-10-16)18(23)8-7-17(22)14-3-5-15(19)6-4-14/h3-6,16,20H,2,7-13H2,1H3. The van der Waals surface area contributed by atoms with Crippen molar-refractivity contribution >= 4 is 11.7 Å². The van der Waals surface area contributed by atoms with Gasteiger partial charge in [-0.1, -0.05) is 6.92 Å². The van der Waals surface area contributed by atoms with Gasteiger partial charge in [-0.25, -0.2) is 4.39 Å². The number of amides is 1. The number of Topliss-reactive ketones (excluding diaryl/α,β-unsaturated/α-hetero) is 1. The molecule has 126 valence electrons. The van der Waals surface area contributed by atoms with Crippen LogP contribution < -0.4 is 5.32 Å². The molecule has 1 N–H and O–H groups in total. The van der Waals surface area contributed by atoms with Gasteiger partial charge in [0, 0.05) is 31.0 Å². The van der Waals surface area contributed by atoms with Crippen LogP contribution in [0.25, 0.3) is 0 Å². The summed E-state index contributed by atoms with van der Waals surface area (Å²) in [5.41, 5.74) is 0.461. The molecule has 1 fully saturated rings. The third-order valence-electron chi connectivity index (χ3n) is 4.27. The molecule has 1 heterocycles. The normalized spacial score (nSPS) is 15.4. The van der Waals surface area contributed by atoms with Gasteiger partial charge in [0.15, 0.2) is 5.78 Å². The first-order valence-electron chi connectivity index (χ1n) is 8.40. The summed E-state index contributed by atoms with van der Waals surface area (Å²) in [6.07, 6.45) is 3.26. The molecule has 1 saturated heterocycles. The maximum atomic E-state index is 12.9. The molecule has 1 aromatic carbocycles. The fraction of sp³-hybridized carbons (Fsp3) is 0.556. The van der Waals surface area contributed by atoms with Gasteiger partial charge in [0.05, 0.1) is 0 Å². The molecule has 4 nitrogen and oxygen atoms in total. The van der Waals surface area contributed by atoms with Gasteiger partial charge < -0.3 is 10.2 Å². The highest BCUT2D eigenvalue weighted by Gasteiger charge is 2.24. The van der Waals surface area contributed by atoms with Crippen LogP contribution in [-0.4, -0.2) is 42.3 Å². The average molecular weight is 320 g/mol. The number of hydrogen-bond donors (Lipinski definition) is 1. The van der Waals surface area contributed by atoms with Crippen molar-refractivity contribution in [3.63, 3.8) is 0 Å². The van der Waals surface area contributed by atoms with Crippen LogP contribution in [0.3, 0.4) is 0 Å². The van der Waals surface area contributed by atoms with E-state index < -0.39 is 0 Å². The van der Waals surface area contributed by atoms with Crippen LogP contribution in [0.5, 0.6) is 0 Å². The Kier molecular flexibility index (Phi) is 6.71. The minimum atomic E-state index is -0.363. The fourth-order valence-corrected chi connectivity index (χ4v) is 3.01. The third-order valence-corrected chi connectivity index (χ3v) is 4.27. The second-order valence-electron chi connectivity index (χ2n) is 6.00. The highest BCUT2D eigenvalue weighted by molar-refractivity contribution is 5.97. The van der Waals surface area contributed by atoms with Gasteiger partial charge in [0.1, 0.15) is 5.82 Å². The molecule has 1 aliphatic rings. The van der Waals surface area contributed by atoms with E-state index in [4.69, 9.17) is 0 Å². The first-order valence-corrected chi connectivity index (χ1v) is 8.40. The topological polar surface area (TPSA) is 49.4 Å². The molecule has 0 bridgehead atoms. The molecule has 23 heavy (non-hydrogen) atoms. The number of nitrogens with one attached hydrogen (secondary N) is 1. The van der Waals surface area contributed by atoms with Crippen LogP contribution in [0.15, 0.2) is 24.3 Å².